The minimum Gasteiger partial charge on any atom is -0.452 e. The second-order valence-corrected chi connectivity index (χ2v) is 14.0. The molecule has 5 aromatic heterocycles. The van der Waals surface area contributed by atoms with Crippen LogP contribution in [0.15, 0.2) is 104 Å². The van der Waals surface area contributed by atoms with Gasteiger partial charge in [0.2, 0.25) is 5.95 Å². The highest BCUT2D eigenvalue weighted by Gasteiger charge is 2.22. The highest BCUT2D eigenvalue weighted by molar-refractivity contribution is 6.09. The van der Waals surface area contributed by atoms with Gasteiger partial charge in [0.1, 0.15) is 11.6 Å². The van der Waals surface area contributed by atoms with Crippen LogP contribution < -0.4 is 4.74 Å². The summed E-state index contributed by atoms with van der Waals surface area (Å²) in [7, 11) is 0. The normalized spacial score (nSPS) is 12.2. The first-order chi connectivity index (χ1) is 22.9. The third kappa shape index (κ3) is 5.79. The number of fused-ring (bicyclic) bond motifs is 3. The summed E-state index contributed by atoms with van der Waals surface area (Å²) in [5.41, 5.74) is 6.13. The third-order valence-electron chi connectivity index (χ3n) is 8.62. The molecular weight excluding hydrogens is 604 g/mol. The molecule has 0 bridgehead atoms. The number of nitrogens with zero attached hydrogens (tertiary/aromatic N) is 5. The van der Waals surface area contributed by atoms with Gasteiger partial charge < -0.3 is 4.74 Å². The van der Waals surface area contributed by atoms with Crippen LogP contribution in [0.1, 0.15) is 52.7 Å². The van der Waals surface area contributed by atoms with Crippen LogP contribution in [0.2, 0.25) is 0 Å². The van der Waals surface area contributed by atoms with Gasteiger partial charge in [-0.05, 0) is 94.3 Å². The molecule has 0 aliphatic heterocycles. The molecule has 0 fully saturated rings. The SMILES string of the molecule is CC(C)(C)c1ccnc(-c2cc(Oc3ccc4c5cc(C(C)(C)C)ccc5n(-c5ccc(-c6ccncc6)cn5)c4c3)c(F)nc2F)c1. The lowest BCUT2D eigenvalue weighted by atomic mass is 9.86. The van der Waals surface area contributed by atoms with Crippen molar-refractivity contribution in [1.29, 1.82) is 0 Å². The largest absolute Gasteiger partial charge is 0.452 e. The number of aromatic nitrogens is 5. The van der Waals surface area contributed by atoms with Crippen LogP contribution in [0.4, 0.5) is 8.78 Å². The van der Waals surface area contributed by atoms with Gasteiger partial charge in [0.25, 0.3) is 5.95 Å². The molecule has 0 N–H and O–H groups in total. The van der Waals surface area contributed by atoms with Crippen LogP contribution in [-0.2, 0) is 10.8 Å². The number of ether oxygens (including phenoxy) is 1. The Balaban J connectivity index is 1.34. The summed E-state index contributed by atoms with van der Waals surface area (Å²) in [5.74, 6) is -1.12. The summed E-state index contributed by atoms with van der Waals surface area (Å²) < 4.78 is 38.4. The number of halogens is 2. The summed E-state index contributed by atoms with van der Waals surface area (Å²) in [5, 5.41) is 2.05. The Labute approximate surface area is 278 Å². The molecule has 0 saturated carbocycles. The monoisotopic (exact) mass is 639 g/mol. The zero-order valence-corrected chi connectivity index (χ0v) is 27.7. The van der Waals surface area contributed by atoms with E-state index in [2.05, 4.69) is 79.3 Å². The second kappa shape index (κ2) is 11.6. The highest BCUT2D eigenvalue weighted by Crippen LogP contribution is 2.38. The van der Waals surface area contributed by atoms with Crippen molar-refractivity contribution in [1.82, 2.24) is 24.5 Å². The van der Waals surface area contributed by atoms with E-state index in [-0.39, 0.29) is 22.1 Å². The Morgan fingerprint density at radius 3 is 2.08 bits per heavy atom. The maximum Gasteiger partial charge on any atom is 0.258 e. The van der Waals surface area contributed by atoms with Crippen LogP contribution in [-0.4, -0.2) is 24.5 Å². The van der Waals surface area contributed by atoms with Crippen molar-refractivity contribution in [2.75, 3.05) is 0 Å². The quantitative estimate of drug-likeness (QED) is 0.175. The van der Waals surface area contributed by atoms with E-state index in [1.54, 1.807) is 30.7 Å². The molecule has 0 radical (unpaired) electrons. The number of hydrogen-bond donors (Lipinski definition) is 0. The Morgan fingerprint density at radius 2 is 1.38 bits per heavy atom. The summed E-state index contributed by atoms with van der Waals surface area (Å²) in [6, 6.07) is 25.0. The van der Waals surface area contributed by atoms with E-state index in [0.29, 0.717) is 11.4 Å². The fourth-order valence-corrected chi connectivity index (χ4v) is 5.89. The van der Waals surface area contributed by atoms with E-state index in [4.69, 9.17) is 9.72 Å². The molecule has 48 heavy (non-hydrogen) atoms. The molecule has 0 atom stereocenters. The van der Waals surface area contributed by atoms with Crippen molar-refractivity contribution in [2.24, 2.45) is 0 Å². The fraction of sp³-hybridized carbons (Fsp3) is 0.200. The molecule has 0 unspecified atom stereocenters. The van der Waals surface area contributed by atoms with Crippen LogP contribution in [0.3, 0.4) is 0 Å². The van der Waals surface area contributed by atoms with Crippen molar-refractivity contribution < 1.29 is 13.5 Å². The van der Waals surface area contributed by atoms with E-state index in [9.17, 15) is 0 Å². The molecule has 240 valence electrons. The fourth-order valence-electron chi connectivity index (χ4n) is 5.89. The molecule has 0 spiro atoms. The van der Waals surface area contributed by atoms with Gasteiger partial charge in [-0.1, -0.05) is 47.6 Å². The molecular formula is C40H35F2N5O. The first-order valence-electron chi connectivity index (χ1n) is 15.8. The van der Waals surface area contributed by atoms with Crippen molar-refractivity contribution in [3.8, 4) is 39.7 Å². The topological polar surface area (TPSA) is 65.7 Å². The number of benzene rings is 2. The third-order valence-corrected chi connectivity index (χ3v) is 8.62. The molecule has 7 rings (SSSR count). The van der Waals surface area contributed by atoms with Crippen LogP contribution >= 0.6 is 0 Å². The standard InChI is InChI=1S/C40H35F2N5O/c1-39(2,3)26-8-11-33-30(19-26)29-10-9-28(21-34(29)47(33)36-12-7-25(23-45-36)24-13-16-43-17-14-24)48-35-22-31(37(41)46-38(35)42)32-20-27(15-18-44-32)40(4,5)6/h7-23H,1-6H3. The summed E-state index contributed by atoms with van der Waals surface area (Å²) in [6.45, 7) is 12.7. The van der Waals surface area contributed by atoms with Gasteiger partial charge >= 0.3 is 0 Å². The van der Waals surface area contributed by atoms with Crippen molar-refractivity contribution in [3.63, 3.8) is 0 Å². The lowest BCUT2D eigenvalue weighted by molar-refractivity contribution is 0.416. The van der Waals surface area contributed by atoms with Gasteiger partial charge in [-0.2, -0.15) is 13.8 Å². The summed E-state index contributed by atoms with van der Waals surface area (Å²) in [4.78, 5) is 16.9. The van der Waals surface area contributed by atoms with Gasteiger partial charge in [-0.15, -0.1) is 0 Å². The Kier molecular flexibility index (Phi) is 7.54. The Hall–Kier alpha value is -5.50. The van der Waals surface area contributed by atoms with Crippen LogP contribution in [0, 0.1) is 11.9 Å². The van der Waals surface area contributed by atoms with Crippen LogP contribution in [0.5, 0.6) is 11.5 Å². The molecule has 0 aliphatic carbocycles. The van der Waals surface area contributed by atoms with Gasteiger partial charge in [-0.3, -0.25) is 14.5 Å². The molecule has 0 saturated heterocycles. The van der Waals surface area contributed by atoms with E-state index in [0.717, 1.165) is 44.3 Å². The number of rotatable bonds is 5. The lowest BCUT2D eigenvalue weighted by Gasteiger charge is -2.19. The summed E-state index contributed by atoms with van der Waals surface area (Å²) in [6.07, 6.45) is 6.98. The van der Waals surface area contributed by atoms with Crippen molar-refractivity contribution in [3.05, 3.63) is 127 Å². The summed E-state index contributed by atoms with van der Waals surface area (Å²) >= 11 is 0. The Morgan fingerprint density at radius 1 is 0.625 bits per heavy atom. The minimum absolute atomic E-state index is 0.0534. The van der Waals surface area contributed by atoms with Crippen molar-refractivity contribution >= 4 is 21.8 Å². The molecule has 5 heterocycles. The van der Waals surface area contributed by atoms with E-state index < -0.39 is 11.9 Å². The van der Waals surface area contributed by atoms with Crippen LogP contribution in [0.25, 0.3) is 50.0 Å². The van der Waals surface area contributed by atoms with Gasteiger partial charge in [-0.25, -0.2) is 4.98 Å². The first-order valence-corrected chi connectivity index (χ1v) is 15.8. The van der Waals surface area contributed by atoms with Gasteiger partial charge in [0.05, 0.1) is 22.3 Å². The smallest absolute Gasteiger partial charge is 0.258 e. The zero-order valence-electron chi connectivity index (χ0n) is 27.7. The molecule has 8 heteroatoms. The molecule has 0 aliphatic rings. The average Bonchev–Trinajstić information content (AvgIpc) is 3.38. The van der Waals surface area contributed by atoms with E-state index >= 15 is 8.78 Å². The van der Waals surface area contributed by atoms with Crippen molar-refractivity contribution in [2.45, 2.75) is 52.4 Å². The predicted molar refractivity (Wildman–Crippen MR) is 187 cm³/mol. The minimum atomic E-state index is -1.05. The lowest BCUT2D eigenvalue weighted by Crippen LogP contribution is -2.11. The zero-order chi connectivity index (χ0) is 33.8. The van der Waals surface area contributed by atoms with Gasteiger partial charge in [0.15, 0.2) is 5.75 Å². The Bertz CT molecular complexity index is 2300. The van der Waals surface area contributed by atoms with Gasteiger partial charge in [0, 0.05) is 47.2 Å². The number of hydrogen-bond acceptors (Lipinski definition) is 5. The van der Waals surface area contributed by atoms with E-state index in [1.165, 1.54) is 11.6 Å². The molecule has 2 aromatic carbocycles. The molecule has 7 aromatic rings. The average molecular weight is 640 g/mol. The highest BCUT2D eigenvalue weighted by atomic mass is 19.1. The first kappa shape index (κ1) is 31.1. The second-order valence-electron chi connectivity index (χ2n) is 14.0. The maximum atomic E-state index is 15.1. The maximum absolute atomic E-state index is 15.1. The molecule has 6 nitrogen and oxygen atoms in total. The molecule has 0 amide bonds. The predicted octanol–water partition coefficient (Wildman–Crippen LogP) is 10.4. The number of pyridine rings is 4. The van der Waals surface area contributed by atoms with E-state index in [1.807, 2.05) is 48.7 Å².